The summed E-state index contributed by atoms with van der Waals surface area (Å²) in [6.45, 7) is 0.687. The number of nitrogens with zero attached hydrogens (tertiary/aromatic N) is 1. The summed E-state index contributed by atoms with van der Waals surface area (Å²) in [7, 11) is 0. The number of aliphatic imine (C=N–C) groups is 1. The van der Waals surface area contributed by atoms with Gasteiger partial charge in [0.15, 0.2) is 0 Å². The lowest BCUT2D eigenvalue weighted by molar-refractivity contribution is 0.847. The van der Waals surface area contributed by atoms with Gasteiger partial charge >= 0.3 is 0 Å². The zero-order valence-corrected chi connectivity index (χ0v) is 15.3. The molecule has 0 heterocycles. The van der Waals surface area contributed by atoms with Crippen molar-refractivity contribution in [1.29, 1.82) is 0 Å². The van der Waals surface area contributed by atoms with Crippen LogP contribution in [-0.4, -0.2) is 12.4 Å². The Kier molecular flexibility index (Phi) is 5.64. The van der Waals surface area contributed by atoms with E-state index in [1.807, 2.05) is 60.7 Å². The summed E-state index contributed by atoms with van der Waals surface area (Å²) in [6, 6.07) is 19.1. The van der Waals surface area contributed by atoms with Gasteiger partial charge < -0.3 is 17.2 Å². The first kappa shape index (κ1) is 18.1. The smallest absolute Gasteiger partial charge is 0.129 e. The van der Waals surface area contributed by atoms with Crippen molar-refractivity contribution in [3.63, 3.8) is 0 Å². The predicted octanol–water partition coefficient (Wildman–Crippen LogP) is 3.69. The molecule has 6 N–H and O–H groups in total. The van der Waals surface area contributed by atoms with Crippen LogP contribution in [0, 0.1) is 5.92 Å². The van der Waals surface area contributed by atoms with Crippen molar-refractivity contribution in [2.45, 2.75) is 12.8 Å². The molecule has 0 atom stereocenters. The van der Waals surface area contributed by atoms with Gasteiger partial charge in [-0.25, -0.2) is 0 Å². The van der Waals surface area contributed by atoms with Gasteiger partial charge in [0.25, 0.3) is 0 Å². The summed E-state index contributed by atoms with van der Waals surface area (Å²) in [5.41, 5.74) is 22.0. The minimum absolute atomic E-state index is 0.314. The number of hydrogen-bond donors (Lipinski definition) is 3. The van der Waals surface area contributed by atoms with E-state index in [-0.39, 0.29) is 0 Å². The van der Waals surface area contributed by atoms with E-state index in [2.05, 4.69) is 4.99 Å². The predicted molar refractivity (Wildman–Crippen MR) is 110 cm³/mol. The molecule has 5 heteroatoms. The van der Waals surface area contributed by atoms with Crippen LogP contribution < -0.4 is 17.2 Å². The molecule has 134 valence electrons. The summed E-state index contributed by atoms with van der Waals surface area (Å²) >= 11 is 6.66. The molecule has 1 aliphatic carbocycles. The average molecular weight is 367 g/mol. The Morgan fingerprint density at radius 2 is 1.35 bits per heavy atom. The van der Waals surface area contributed by atoms with Crippen LogP contribution in [0.3, 0.4) is 0 Å². The first-order valence-electron chi connectivity index (χ1n) is 8.64. The van der Waals surface area contributed by atoms with Gasteiger partial charge in [0.05, 0.1) is 22.0 Å². The maximum atomic E-state index is 6.66. The minimum Gasteiger partial charge on any atom is -0.398 e. The third kappa shape index (κ3) is 4.27. The fourth-order valence-electron chi connectivity index (χ4n) is 2.62. The number of nitrogens with two attached hydrogens (primary N) is 3. The van der Waals surface area contributed by atoms with Gasteiger partial charge in [-0.05, 0) is 29.9 Å². The second kappa shape index (κ2) is 8.11. The van der Waals surface area contributed by atoms with Crippen molar-refractivity contribution in [1.82, 2.24) is 0 Å². The summed E-state index contributed by atoms with van der Waals surface area (Å²) in [4.78, 5) is 4.51. The van der Waals surface area contributed by atoms with Crippen LogP contribution >= 0.6 is 11.6 Å². The van der Waals surface area contributed by atoms with Crippen LogP contribution in [0.4, 0.5) is 0 Å². The van der Waals surface area contributed by atoms with Gasteiger partial charge in [-0.2, -0.15) is 0 Å². The monoisotopic (exact) mass is 366 g/mol. The van der Waals surface area contributed by atoms with E-state index in [4.69, 9.17) is 28.8 Å². The molecule has 1 aliphatic rings. The molecule has 26 heavy (non-hydrogen) atoms. The zero-order valence-electron chi connectivity index (χ0n) is 14.5. The molecular weight excluding hydrogens is 344 g/mol. The Morgan fingerprint density at radius 3 is 1.85 bits per heavy atom. The molecule has 2 aromatic rings. The Labute approximate surface area is 159 Å². The maximum Gasteiger partial charge on any atom is 0.129 e. The van der Waals surface area contributed by atoms with Crippen molar-refractivity contribution in [3.8, 4) is 0 Å². The van der Waals surface area contributed by atoms with Crippen LogP contribution in [0.2, 0.25) is 0 Å². The third-order valence-corrected chi connectivity index (χ3v) is 4.76. The van der Waals surface area contributed by atoms with E-state index < -0.39 is 0 Å². The molecule has 1 fully saturated rings. The summed E-state index contributed by atoms with van der Waals surface area (Å²) in [5, 5.41) is 0.314. The van der Waals surface area contributed by atoms with Crippen molar-refractivity contribution in [2.24, 2.45) is 28.1 Å². The van der Waals surface area contributed by atoms with E-state index in [0.29, 0.717) is 40.3 Å². The quantitative estimate of drug-likeness (QED) is 0.413. The molecule has 2 aromatic carbocycles. The van der Waals surface area contributed by atoms with Crippen LogP contribution in [0.5, 0.6) is 0 Å². The van der Waals surface area contributed by atoms with Gasteiger partial charge in [-0.15, -0.1) is 0 Å². The standard InChI is InChI=1S/C21H23ClN4/c22-18(20(24)16-9-5-2-6-10-16)17(21(25)26-13-14-11-12-14)19(23)15-7-3-1-4-8-15/h1-10,14H,11-13,23-24H2,(H2,25,26)/b19-17?,20-18+. The molecule has 0 spiro atoms. The summed E-state index contributed by atoms with van der Waals surface area (Å²) in [5.74, 6) is 0.934. The Bertz CT molecular complexity index is 850. The van der Waals surface area contributed by atoms with E-state index in [0.717, 1.165) is 11.1 Å². The molecule has 0 aromatic heterocycles. The first-order valence-corrected chi connectivity index (χ1v) is 9.02. The van der Waals surface area contributed by atoms with Crippen molar-refractivity contribution in [3.05, 3.63) is 82.4 Å². The lowest BCUT2D eigenvalue weighted by Crippen LogP contribution is -2.21. The molecular formula is C21H23ClN4. The van der Waals surface area contributed by atoms with Gasteiger partial charge in [0, 0.05) is 6.54 Å². The average Bonchev–Trinajstić information content (AvgIpc) is 3.51. The molecule has 0 bridgehead atoms. The molecule has 0 saturated heterocycles. The van der Waals surface area contributed by atoms with Crippen molar-refractivity contribution in [2.75, 3.05) is 6.54 Å². The summed E-state index contributed by atoms with van der Waals surface area (Å²) in [6.07, 6.45) is 2.39. The first-order chi connectivity index (χ1) is 12.6. The van der Waals surface area contributed by atoms with Crippen molar-refractivity contribution >= 4 is 28.8 Å². The lowest BCUT2D eigenvalue weighted by Gasteiger charge is -2.14. The highest BCUT2D eigenvalue weighted by Gasteiger charge is 2.22. The molecule has 0 aliphatic heterocycles. The SMILES string of the molecule is NC(=NCC1CC1)C(=C(N)c1ccccc1)/C(Cl)=C(\N)c1ccccc1. The lowest BCUT2D eigenvalue weighted by atomic mass is 10.0. The van der Waals surface area contributed by atoms with Crippen LogP contribution in [0.25, 0.3) is 11.4 Å². The molecule has 3 rings (SSSR count). The van der Waals surface area contributed by atoms with Crippen LogP contribution in [0.1, 0.15) is 24.0 Å². The largest absolute Gasteiger partial charge is 0.398 e. The van der Waals surface area contributed by atoms with Gasteiger partial charge in [0.2, 0.25) is 0 Å². The zero-order chi connectivity index (χ0) is 18.5. The fraction of sp³-hybridized carbons (Fsp3) is 0.190. The number of rotatable bonds is 6. The Balaban J connectivity index is 2.09. The number of amidine groups is 1. The topological polar surface area (TPSA) is 90.4 Å². The number of halogens is 1. The molecule has 0 unspecified atom stereocenters. The minimum atomic E-state index is 0.314. The van der Waals surface area contributed by atoms with Gasteiger partial charge in [-0.3, -0.25) is 4.99 Å². The molecule has 4 nitrogen and oxygen atoms in total. The third-order valence-electron chi connectivity index (χ3n) is 4.37. The second-order valence-electron chi connectivity index (χ2n) is 6.42. The Hall–Kier alpha value is -2.72. The number of hydrogen-bond acceptors (Lipinski definition) is 3. The number of benzene rings is 2. The van der Waals surface area contributed by atoms with Crippen LogP contribution in [-0.2, 0) is 0 Å². The highest BCUT2D eigenvalue weighted by atomic mass is 35.5. The normalized spacial score (nSPS) is 16.7. The Morgan fingerprint density at radius 1 is 0.846 bits per heavy atom. The second-order valence-corrected chi connectivity index (χ2v) is 6.80. The maximum absolute atomic E-state index is 6.66. The van der Waals surface area contributed by atoms with E-state index in [1.165, 1.54) is 12.8 Å². The van der Waals surface area contributed by atoms with E-state index >= 15 is 0 Å². The van der Waals surface area contributed by atoms with Crippen LogP contribution in [0.15, 0.2) is 76.3 Å². The van der Waals surface area contributed by atoms with E-state index in [9.17, 15) is 0 Å². The highest BCUT2D eigenvalue weighted by Crippen LogP contribution is 2.31. The molecule has 1 saturated carbocycles. The molecule has 0 radical (unpaired) electrons. The molecule has 0 amide bonds. The van der Waals surface area contributed by atoms with Gasteiger partial charge in [-0.1, -0.05) is 72.3 Å². The fourth-order valence-corrected chi connectivity index (χ4v) is 2.92. The summed E-state index contributed by atoms with van der Waals surface area (Å²) < 4.78 is 0. The van der Waals surface area contributed by atoms with Crippen molar-refractivity contribution < 1.29 is 0 Å². The highest BCUT2D eigenvalue weighted by molar-refractivity contribution is 6.39. The van der Waals surface area contributed by atoms with E-state index in [1.54, 1.807) is 0 Å². The van der Waals surface area contributed by atoms with Gasteiger partial charge in [0.1, 0.15) is 5.84 Å².